The first-order valence-corrected chi connectivity index (χ1v) is 5.59. The SMILES string of the molecule is O=C(CCS)N1CCSCC1. The zero-order valence-corrected chi connectivity index (χ0v) is 8.16. The number of carbonyl (C=O) groups is 1. The Morgan fingerprint density at radius 1 is 1.45 bits per heavy atom. The number of nitrogens with zero attached hydrogens (tertiary/aromatic N) is 1. The number of hydrogen-bond donors (Lipinski definition) is 1. The van der Waals surface area contributed by atoms with Crippen molar-refractivity contribution < 1.29 is 4.79 Å². The molecule has 0 saturated carbocycles. The van der Waals surface area contributed by atoms with Crippen molar-refractivity contribution in [1.82, 2.24) is 4.90 Å². The molecule has 1 aliphatic heterocycles. The summed E-state index contributed by atoms with van der Waals surface area (Å²) in [4.78, 5) is 13.2. The van der Waals surface area contributed by atoms with Crippen molar-refractivity contribution in [2.45, 2.75) is 6.42 Å². The van der Waals surface area contributed by atoms with Gasteiger partial charge in [-0.2, -0.15) is 24.4 Å². The topological polar surface area (TPSA) is 20.3 Å². The van der Waals surface area contributed by atoms with Gasteiger partial charge in [0.2, 0.25) is 5.91 Å². The molecular formula is C7H13NOS2. The van der Waals surface area contributed by atoms with Crippen LogP contribution in [0.5, 0.6) is 0 Å². The van der Waals surface area contributed by atoms with Crippen LogP contribution in [0.4, 0.5) is 0 Å². The third-order valence-corrected chi connectivity index (χ3v) is 2.86. The number of rotatable bonds is 2. The van der Waals surface area contributed by atoms with Crippen LogP contribution >= 0.6 is 24.4 Å². The standard InChI is InChI=1S/C7H13NOS2/c9-7(1-4-10)8-2-5-11-6-3-8/h10H,1-6H2. The first-order valence-electron chi connectivity index (χ1n) is 3.81. The normalized spacial score (nSPS) is 18.5. The molecule has 1 saturated heterocycles. The predicted octanol–water partition coefficient (Wildman–Crippen LogP) is 0.882. The molecule has 1 rings (SSSR count). The molecule has 0 spiro atoms. The lowest BCUT2D eigenvalue weighted by Crippen LogP contribution is -2.37. The van der Waals surface area contributed by atoms with E-state index in [1.165, 1.54) is 0 Å². The van der Waals surface area contributed by atoms with Crippen LogP contribution in [0.15, 0.2) is 0 Å². The molecule has 1 aliphatic rings. The van der Waals surface area contributed by atoms with Gasteiger partial charge >= 0.3 is 0 Å². The monoisotopic (exact) mass is 191 g/mol. The first-order chi connectivity index (χ1) is 5.34. The molecule has 0 bridgehead atoms. The van der Waals surface area contributed by atoms with Gasteiger partial charge in [-0.1, -0.05) is 0 Å². The van der Waals surface area contributed by atoms with Crippen molar-refractivity contribution in [3.8, 4) is 0 Å². The molecule has 0 aromatic carbocycles. The zero-order valence-electron chi connectivity index (χ0n) is 6.45. The molecule has 0 N–H and O–H groups in total. The van der Waals surface area contributed by atoms with E-state index in [9.17, 15) is 4.79 Å². The number of amides is 1. The molecule has 0 aromatic rings. The van der Waals surface area contributed by atoms with Crippen molar-refractivity contribution in [2.75, 3.05) is 30.3 Å². The maximum absolute atomic E-state index is 11.3. The van der Waals surface area contributed by atoms with Gasteiger partial charge in [0.05, 0.1) is 0 Å². The molecule has 4 heteroatoms. The largest absolute Gasteiger partial charge is 0.341 e. The molecule has 1 heterocycles. The summed E-state index contributed by atoms with van der Waals surface area (Å²) >= 11 is 5.95. The average Bonchev–Trinajstić information content (AvgIpc) is 2.07. The van der Waals surface area contributed by atoms with E-state index in [2.05, 4.69) is 12.6 Å². The first kappa shape index (κ1) is 9.26. The Bertz CT molecular complexity index is 134. The molecule has 2 nitrogen and oxygen atoms in total. The fourth-order valence-electron chi connectivity index (χ4n) is 1.07. The maximum atomic E-state index is 11.3. The highest BCUT2D eigenvalue weighted by Gasteiger charge is 2.14. The molecule has 0 aliphatic carbocycles. The van der Waals surface area contributed by atoms with Crippen LogP contribution in [0.25, 0.3) is 0 Å². The van der Waals surface area contributed by atoms with Gasteiger partial charge in [0.1, 0.15) is 0 Å². The average molecular weight is 191 g/mol. The number of thioether (sulfide) groups is 1. The lowest BCUT2D eigenvalue weighted by Gasteiger charge is -2.26. The molecule has 0 atom stereocenters. The van der Waals surface area contributed by atoms with Crippen LogP contribution < -0.4 is 0 Å². The van der Waals surface area contributed by atoms with Crippen molar-refractivity contribution in [1.29, 1.82) is 0 Å². The van der Waals surface area contributed by atoms with Gasteiger partial charge in [-0.15, -0.1) is 0 Å². The summed E-state index contributed by atoms with van der Waals surface area (Å²) in [5.41, 5.74) is 0. The lowest BCUT2D eigenvalue weighted by molar-refractivity contribution is -0.130. The Labute approximate surface area is 77.1 Å². The van der Waals surface area contributed by atoms with Crippen LogP contribution in [0, 0.1) is 0 Å². The quantitative estimate of drug-likeness (QED) is 0.654. The molecular weight excluding hydrogens is 178 g/mol. The summed E-state index contributed by atoms with van der Waals surface area (Å²) in [6, 6.07) is 0. The second-order valence-electron chi connectivity index (χ2n) is 2.47. The fraction of sp³-hybridized carbons (Fsp3) is 0.857. The maximum Gasteiger partial charge on any atom is 0.223 e. The van der Waals surface area contributed by atoms with Crippen LogP contribution in [-0.2, 0) is 4.79 Å². The van der Waals surface area contributed by atoms with E-state index >= 15 is 0 Å². The minimum absolute atomic E-state index is 0.264. The van der Waals surface area contributed by atoms with Crippen molar-refractivity contribution in [2.24, 2.45) is 0 Å². The summed E-state index contributed by atoms with van der Waals surface area (Å²) in [6.07, 6.45) is 0.591. The third kappa shape index (κ3) is 2.95. The summed E-state index contributed by atoms with van der Waals surface area (Å²) in [6.45, 7) is 1.86. The Morgan fingerprint density at radius 2 is 2.09 bits per heavy atom. The Morgan fingerprint density at radius 3 is 2.64 bits per heavy atom. The second-order valence-corrected chi connectivity index (χ2v) is 4.14. The van der Waals surface area contributed by atoms with E-state index in [0.717, 1.165) is 24.6 Å². The molecule has 0 radical (unpaired) electrons. The number of carbonyl (C=O) groups excluding carboxylic acids is 1. The van der Waals surface area contributed by atoms with Crippen molar-refractivity contribution in [3.63, 3.8) is 0 Å². The fourth-order valence-corrected chi connectivity index (χ4v) is 2.16. The Kier molecular flexibility index (Phi) is 4.15. The van der Waals surface area contributed by atoms with Crippen LogP contribution in [0.3, 0.4) is 0 Å². The van der Waals surface area contributed by atoms with Gasteiger partial charge in [-0.05, 0) is 5.75 Å². The Hall–Kier alpha value is 0.170. The minimum Gasteiger partial charge on any atom is -0.341 e. The molecule has 1 amide bonds. The summed E-state index contributed by atoms with van der Waals surface area (Å²) in [7, 11) is 0. The van der Waals surface area contributed by atoms with Crippen molar-refractivity contribution in [3.05, 3.63) is 0 Å². The Balaban J connectivity index is 2.27. The molecule has 11 heavy (non-hydrogen) atoms. The summed E-state index contributed by atoms with van der Waals surface area (Å²) < 4.78 is 0. The van der Waals surface area contributed by atoms with Gasteiger partial charge in [-0.3, -0.25) is 4.79 Å². The summed E-state index contributed by atoms with van der Waals surface area (Å²) in [5, 5.41) is 0. The van der Waals surface area contributed by atoms with Gasteiger partial charge < -0.3 is 4.90 Å². The highest BCUT2D eigenvalue weighted by atomic mass is 32.2. The van der Waals surface area contributed by atoms with Crippen LogP contribution in [-0.4, -0.2) is 41.2 Å². The van der Waals surface area contributed by atoms with E-state index < -0.39 is 0 Å². The van der Waals surface area contributed by atoms with Crippen LogP contribution in [0.2, 0.25) is 0 Å². The van der Waals surface area contributed by atoms with E-state index in [0.29, 0.717) is 12.2 Å². The summed E-state index contributed by atoms with van der Waals surface area (Å²) in [5.74, 6) is 3.12. The minimum atomic E-state index is 0.264. The van der Waals surface area contributed by atoms with E-state index in [-0.39, 0.29) is 5.91 Å². The predicted molar refractivity (Wildman–Crippen MR) is 52.4 cm³/mol. The smallest absolute Gasteiger partial charge is 0.223 e. The zero-order chi connectivity index (χ0) is 8.10. The van der Waals surface area contributed by atoms with Gasteiger partial charge in [0.15, 0.2) is 0 Å². The van der Waals surface area contributed by atoms with Gasteiger partial charge in [0.25, 0.3) is 0 Å². The van der Waals surface area contributed by atoms with E-state index in [1.54, 1.807) is 0 Å². The lowest BCUT2D eigenvalue weighted by atomic mass is 10.4. The molecule has 64 valence electrons. The van der Waals surface area contributed by atoms with E-state index in [1.807, 2.05) is 16.7 Å². The second kappa shape index (κ2) is 4.93. The highest BCUT2D eigenvalue weighted by Crippen LogP contribution is 2.09. The van der Waals surface area contributed by atoms with Crippen molar-refractivity contribution >= 4 is 30.3 Å². The number of thiol groups is 1. The molecule has 0 aromatic heterocycles. The van der Waals surface area contributed by atoms with Gasteiger partial charge in [0, 0.05) is 31.0 Å². The van der Waals surface area contributed by atoms with Crippen LogP contribution in [0.1, 0.15) is 6.42 Å². The number of hydrogen-bond acceptors (Lipinski definition) is 3. The molecule has 0 unspecified atom stereocenters. The van der Waals surface area contributed by atoms with E-state index in [4.69, 9.17) is 0 Å². The highest BCUT2D eigenvalue weighted by molar-refractivity contribution is 7.99. The third-order valence-electron chi connectivity index (χ3n) is 1.69. The molecule has 1 fully saturated rings. The van der Waals surface area contributed by atoms with Gasteiger partial charge in [-0.25, -0.2) is 0 Å².